The standard InChI is InChI=1S/C52H67N11O8/c1-30-44(31(2)59-46(58-30)34-8-11-36(12-9-34)71-37-15-18-52(4,5)19-16-37)49(66)61-40(17-20-53)51(68)63(6)45-35-10-14-43(70-26-23-56)39(29-35)38-27-33(7-13-42(38)69-25-22-55)28-41(48(65)57-24-21-54)62-47(64)32(3)60-50(45)67/h7-14,27,29,32,37,40-41,45H,15-20,22-26,28,53,55-56H2,1-6H3,(H,57,65)(H,60,67)(H,61,66)(H,62,64)/t32-,40?,41-,45-/m0/s1. The van der Waals surface area contributed by atoms with Crippen LogP contribution in [-0.2, 0) is 25.6 Å². The minimum Gasteiger partial charge on any atom is -0.492 e. The molecule has 6 rings (SSSR count). The number of amides is 5. The first-order valence-electron chi connectivity index (χ1n) is 24.1. The number of nitriles is 1. The number of rotatable bonds is 17. The Morgan fingerprint density at radius 3 is 2.10 bits per heavy atom. The Morgan fingerprint density at radius 2 is 1.49 bits per heavy atom. The van der Waals surface area contributed by atoms with Crippen LogP contribution in [0.2, 0.25) is 0 Å². The second kappa shape index (κ2) is 24.1. The number of likely N-dealkylation sites (N-methyl/N-ethyl adjacent to an activating group) is 1. The van der Waals surface area contributed by atoms with Crippen molar-refractivity contribution in [3.8, 4) is 45.8 Å². The predicted octanol–water partition coefficient (Wildman–Crippen LogP) is 3.28. The Hall–Kier alpha value is -7.14. The molecule has 19 nitrogen and oxygen atoms in total. The highest BCUT2D eigenvalue weighted by Gasteiger charge is 2.37. The molecule has 4 bridgehead atoms. The summed E-state index contributed by atoms with van der Waals surface area (Å²) < 4.78 is 18.5. The summed E-state index contributed by atoms with van der Waals surface area (Å²) in [5.74, 6) is -1.41. The van der Waals surface area contributed by atoms with Crippen molar-refractivity contribution < 1.29 is 38.2 Å². The van der Waals surface area contributed by atoms with Gasteiger partial charge in [-0.3, -0.25) is 24.0 Å². The third kappa shape index (κ3) is 13.4. The van der Waals surface area contributed by atoms with E-state index in [1.165, 1.54) is 18.9 Å². The maximum atomic E-state index is 14.8. The number of fused-ring (bicyclic) bond motifs is 5. The van der Waals surface area contributed by atoms with E-state index in [1.54, 1.807) is 50.2 Å². The smallest absolute Gasteiger partial charge is 0.255 e. The lowest BCUT2D eigenvalue weighted by molar-refractivity contribution is -0.141. The highest BCUT2D eigenvalue weighted by molar-refractivity contribution is 6.00. The lowest BCUT2D eigenvalue weighted by atomic mass is 9.76. The number of nitrogens with two attached hydrogens (primary N) is 3. The normalized spacial score (nSPS) is 18.3. The van der Waals surface area contributed by atoms with Crippen molar-refractivity contribution in [3.63, 3.8) is 0 Å². The van der Waals surface area contributed by atoms with E-state index < -0.39 is 53.7 Å². The average molecular weight is 974 g/mol. The summed E-state index contributed by atoms with van der Waals surface area (Å²) in [4.78, 5) is 81.4. The number of ether oxygens (including phenoxy) is 3. The summed E-state index contributed by atoms with van der Waals surface area (Å²) in [5.41, 5.74) is 21.6. The van der Waals surface area contributed by atoms with Crippen molar-refractivity contribution in [2.24, 2.45) is 22.6 Å². The summed E-state index contributed by atoms with van der Waals surface area (Å²) >= 11 is 0. The fourth-order valence-corrected chi connectivity index (χ4v) is 8.90. The minimum absolute atomic E-state index is 0.00111. The van der Waals surface area contributed by atoms with Gasteiger partial charge in [-0.15, -0.1) is 0 Å². The van der Waals surface area contributed by atoms with Crippen LogP contribution >= 0.6 is 0 Å². The van der Waals surface area contributed by atoms with Gasteiger partial charge in [0.2, 0.25) is 23.6 Å². The minimum atomic E-state index is -1.41. The third-order valence-corrected chi connectivity index (χ3v) is 12.8. The maximum absolute atomic E-state index is 14.8. The van der Waals surface area contributed by atoms with Crippen molar-refractivity contribution in [1.29, 1.82) is 5.26 Å². The summed E-state index contributed by atoms with van der Waals surface area (Å²) in [5, 5.41) is 20.0. The summed E-state index contributed by atoms with van der Waals surface area (Å²) in [7, 11) is 1.42. The van der Waals surface area contributed by atoms with Gasteiger partial charge in [0.25, 0.3) is 5.91 Å². The topological polar surface area (TPSA) is 292 Å². The molecule has 2 heterocycles. The SMILES string of the molecule is Cc1nc(-c2ccc(OC3CCC(C)(C)CC3)cc2)nc(C)c1C(=O)NC(CCN)C(=O)N(C)[C@@H]1C(=O)N[C@@H](C)C(=O)N[C@H](C(=O)NCC#N)Cc2ccc(OCCN)c(c2)-c2cc1ccc2OCCN. The number of hydrogen-bond acceptors (Lipinski definition) is 14. The second-order valence-corrected chi connectivity index (χ2v) is 18.8. The molecule has 1 unspecified atom stereocenters. The van der Waals surface area contributed by atoms with Crippen LogP contribution in [0.4, 0.5) is 0 Å². The number of carbonyl (C=O) groups is 5. The van der Waals surface area contributed by atoms with E-state index in [0.29, 0.717) is 56.4 Å². The Bertz CT molecular complexity index is 2580. The zero-order valence-electron chi connectivity index (χ0n) is 41.4. The van der Waals surface area contributed by atoms with Gasteiger partial charge >= 0.3 is 0 Å². The van der Waals surface area contributed by atoms with Gasteiger partial charge in [-0.05, 0) is 124 Å². The molecule has 1 aliphatic carbocycles. The Kier molecular flexibility index (Phi) is 18.1. The van der Waals surface area contributed by atoms with Crippen molar-refractivity contribution >= 4 is 29.5 Å². The lowest BCUT2D eigenvalue weighted by Gasteiger charge is -2.34. The average Bonchev–Trinajstić information content (AvgIpc) is 3.34. The van der Waals surface area contributed by atoms with Gasteiger partial charge in [-0.1, -0.05) is 26.0 Å². The monoisotopic (exact) mass is 974 g/mol. The van der Waals surface area contributed by atoms with Gasteiger partial charge in [0.15, 0.2) is 5.82 Å². The molecule has 10 N–H and O–H groups in total. The molecule has 19 heteroatoms. The molecule has 0 spiro atoms. The number of nitrogens with one attached hydrogen (secondary N) is 4. The number of hydrogen-bond donors (Lipinski definition) is 7. The van der Waals surface area contributed by atoms with Crippen molar-refractivity contribution in [2.75, 3.05) is 46.4 Å². The molecular formula is C52H67N11O8. The Labute approximate surface area is 414 Å². The van der Waals surface area contributed by atoms with E-state index in [1.807, 2.05) is 30.3 Å². The van der Waals surface area contributed by atoms with Gasteiger partial charge < -0.3 is 57.6 Å². The van der Waals surface area contributed by atoms with Crippen LogP contribution < -0.4 is 52.7 Å². The van der Waals surface area contributed by atoms with E-state index in [0.717, 1.165) is 37.0 Å². The quantitative estimate of drug-likeness (QED) is 0.0748. The number of aryl methyl sites for hydroxylation is 2. The molecule has 71 heavy (non-hydrogen) atoms. The van der Waals surface area contributed by atoms with E-state index in [2.05, 4.69) is 35.1 Å². The van der Waals surface area contributed by atoms with Gasteiger partial charge in [-0.25, -0.2) is 9.97 Å². The second-order valence-electron chi connectivity index (χ2n) is 18.8. The van der Waals surface area contributed by atoms with Gasteiger partial charge in [0.05, 0.1) is 29.1 Å². The Balaban J connectivity index is 1.32. The van der Waals surface area contributed by atoms with Crippen molar-refractivity contribution in [2.45, 2.75) is 103 Å². The van der Waals surface area contributed by atoms with Gasteiger partial charge in [0.1, 0.15) is 61.2 Å². The fourth-order valence-electron chi connectivity index (χ4n) is 8.90. The first kappa shape index (κ1) is 53.2. The van der Waals surface area contributed by atoms with E-state index in [-0.39, 0.29) is 63.9 Å². The molecule has 0 saturated heterocycles. The fraction of sp³-hybridized carbons (Fsp3) is 0.462. The van der Waals surface area contributed by atoms with E-state index >= 15 is 0 Å². The molecule has 1 aliphatic heterocycles. The molecule has 4 aromatic rings. The van der Waals surface area contributed by atoms with Crippen LogP contribution in [0.25, 0.3) is 22.5 Å². The highest BCUT2D eigenvalue weighted by atomic mass is 16.5. The van der Waals surface area contributed by atoms with Crippen LogP contribution in [-0.4, -0.2) is 115 Å². The number of benzene rings is 3. The van der Waals surface area contributed by atoms with Crippen LogP contribution in [0.15, 0.2) is 60.7 Å². The lowest BCUT2D eigenvalue weighted by Crippen LogP contribution is -2.56. The summed E-state index contributed by atoms with van der Waals surface area (Å²) in [6.07, 6.45) is 4.39. The van der Waals surface area contributed by atoms with Crippen LogP contribution in [0.5, 0.6) is 17.2 Å². The first-order chi connectivity index (χ1) is 34.0. The van der Waals surface area contributed by atoms with Crippen molar-refractivity contribution in [1.82, 2.24) is 36.1 Å². The van der Waals surface area contributed by atoms with Crippen LogP contribution in [0, 0.1) is 30.6 Å². The highest BCUT2D eigenvalue weighted by Crippen LogP contribution is 2.41. The maximum Gasteiger partial charge on any atom is 0.255 e. The van der Waals surface area contributed by atoms with E-state index in [9.17, 15) is 29.2 Å². The zero-order chi connectivity index (χ0) is 51.4. The molecular weight excluding hydrogens is 907 g/mol. The molecule has 5 amide bonds. The summed E-state index contributed by atoms with van der Waals surface area (Å²) in [6, 6.07) is 14.6. The first-order valence-corrected chi connectivity index (χ1v) is 24.1. The van der Waals surface area contributed by atoms with Gasteiger partial charge in [0, 0.05) is 43.2 Å². The number of carbonyl (C=O) groups excluding carboxylic acids is 5. The molecule has 4 atom stereocenters. The molecule has 2 aliphatic rings. The number of aromatic nitrogens is 2. The van der Waals surface area contributed by atoms with Crippen molar-refractivity contribution in [3.05, 3.63) is 88.7 Å². The molecule has 0 radical (unpaired) electrons. The largest absolute Gasteiger partial charge is 0.492 e. The van der Waals surface area contributed by atoms with Crippen LogP contribution in [0.1, 0.15) is 91.8 Å². The molecule has 1 saturated carbocycles. The Morgan fingerprint density at radius 1 is 0.873 bits per heavy atom. The van der Waals surface area contributed by atoms with Crippen LogP contribution in [0.3, 0.4) is 0 Å². The third-order valence-electron chi connectivity index (χ3n) is 12.8. The number of nitrogens with zero attached hydrogens (tertiary/aromatic N) is 4. The summed E-state index contributed by atoms with van der Waals surface area (Å²) in [6.45, 7) is 9.75. The molecule has 1 aromatic heterocycles. The van der Waals surface area contributed by atoms with Gasteiger partial charge in [-0.2, -0.15) is 5.26 Å². The van der Waals surface area contributed by atoms with E-state index in [4.69, 9.17) is 41.4 Å². The molecule has 3 aromatic carbocycles. The zero-order valence-corrected chi connectivity index (χ0v) is 41.4. The molecule has 378 valence electrons. The predicted molar refractivity (Wildman–Crippen MR) is 267 cm³/mol. The molecule has 1 fully saturated rings.